The van der Waals surface area contributed by atoms with Crippen LogP contribution in [0.1, 0.15) is 16.8 Å². The van der Waals surface area contributed by atoms with Gasteiger partial charge in [0.05, 0.1) is 6.42 Å². The monoisotopic (exact) mass is 326 g/mol. The van der Waals surface area contributed by atoms with Crippen LogP contribution in [0, 0.1) is 6.92 Å². The van der Waals surface area contributed by atoms with Crippen LogP contribution in [0.4, 0.5) is 0 Å². The molecule has 0 unspecified atom stereocenters. The van der Waals surface area contributed by atoms with Crippen LogP contribution in [0.5, 0.6) is 0 Å². The van der Waals surface area contributed by atoms with Gasteiger partial charge in [0, 0.05) is 35.2 Å². The molecule has 1 amide bonds. The summed E-state index contributed by atoms with van der Waals surface area (Å²) in [5.41, 5.74) is 4.14. The highest BCUT2D eigenvalue weighted by atomic mass is 35.5. The molecular formula is C19H19ClN2O. The summed E-state index contributed by atoms with van der Waals surface area (Å²) >= 11 is 6.18. The van der Waals surface area contributed by atoms with Gasteiger partial charge in [-0.1, -0.05) is 48.0 Å². The van der Waals surface area contributed by atoms with Gasteiger partial charge in [0.1, 0.15) is 0 Å². The van der Waals surface area contributed by atoms with E-state index in [0.29, 0.717) is 18.0 Å². The second kappa shape index (κ2) is 6.47. The summed E-state index contributed by atoms with van der Waals surface area (Å²) in [5.74, 6) is 0.0813. The maximum atomic E-state index is 12.6. The molecule has 0 fully saturated rings. The number of carbonyl (C=O) groups is 1. The van der Waals surface area contributed by atoms with E-state index in [2.05, 4.69) is 11.1 Å². The van der Waals surface area contributed by atoms with E-state index < -0.39 is 0 Å². The molecule has 1 N–H and O–H groups in total. The smallest absolute Gasteiger partial charge is 0.227 e. The number of carbonyl (C=O) groups excluding carboxylic acids is 1. The first-order valence-electron chi connectivity index (χ1n) is 7.60. The topological polar surface area (TPSA) is 36.1 Å². The number of para-hydroxylation sites is 1. The van der Waals surface area contributed by atoms with Gasteiger partial charge in [-0.15, -0.1) is 0 Å². The Labute approximate surface area is 140 Å². The molecule has 3 rings (SSSR count). The molecule has 118 valence electrons. The number of nitrogens with one attached hydrogen (secondary N) is 1. The molecule has 23 heavy (non-hydrogen) atoms. The number of aryl methyl sites for hydroxylation is 1. The van der Waals surface area contributed by atoms with Crippen LogP contribution in [-0.4, -0.2) is 22.8 Å². The molecule has 0 radical (unpaired) electrons. The zero-order valence-electron chi connectivity index (χ0n) is 13.3. The second-order valence-electron chi connectivity index (χ2n) is 5.79. The minimum Gasteiger partial charge on any atom is -0.358 e. The summed E-state index contributed by atoms with van der Waals surface area (Å²) < 4.78 is 0. The van der Waals surface area contributed by atoms with E-state index in [4.69, 9.17) is 11.6 Å². The van der Waals surface area contributed by atoms with Crippen molar-refractivity contribution in [2.24, 2.45) is 0 Å². The maximum Gasteiger partial charge on any atom is 0.227 e. The van der Waals surface area contributed by atoms with Gasteiger partial charge in [0.25, 0.3) is 0 Å². The Hall–Kier alpha value is -2.26. The number of fused-ring (bicyclic) bond motifs is 1. The highest BCUT2D eigenvalue weighted by Crippen LogP contribution is 2.23. The molecule has 0 atom stereocenters. The minimum absolute atomic E-state index is 0.0813. The summed E-state index contributed by atoms with van der Waals surface area (Å²) in [6.45, 7) is 2.52. The summed E-state index contributed by atoms with van der Waals surface area (Å²) in [6.07, 6.45) is 0.386. The van der Waals surface area contributed by atoms with Crippen molar-refractivity contribution >= 4 is 28.4 Å². The summed E-state index contributed by atoms with van der Waals surface area (Å²) in [7, 11) is 1.82. The number of hydrogen-bond acceptors (Lipinski definition) is 1. The zero-order valence-corrected chi connectivity index (χ0v) is 14.0. The first kappa shape index (κ1) is 15.6. The molecule has 0 saturated carbocycles. The lowest BCUT2D eigenvalue weighted by atomic mass is 10.1. The summed E-state index contributed by atoms with van der Waals surface area (Å²) in [4.78, 5) is 17.7. The van der Waals surface area contributed by atoms with Gasteiger partial charge in [0.15, 0.2) is 0 Å². The van der Waals surface area contributed by atoms with E-state index in [-0.39, 0.29) is 5.91 Å². The standard InChI is InChI=1S/C19H19ClN2O/c1-13-16(15-8-4-6-10-18(15)21-13)11-19(23)22(2)12-14-7-3-5-9-17(14)20/h3-10,21H,11-12H2,1-2H3. The Morgan fingerprint density at radius 1 is 1.13 bits per heavy atom. The number of halogens is 1. The van der Waals surface area contributed by atoms with E-state index in [1.54, 1.807) is 4.90 Å². The third-order valence-corrected chi connectivity index (χ3v) is 4.51. The minimum atomic E-state index is 0.0813. The largest absolute Gasteiger partial charge is 0.358 e. The van der Waals surface area contributed by atoms with Crippen LogP contribution in [0.3, 0.4) is 0 Å². The number of H-pyrrole nitrogens is 1. The van der Waals surface area contributed by atoms with E-state index in [0.717, 1.165) is 27.7 Å². The van der Waals surface area contributed by atoms with E-state index >= 15 is 0 Å². The van der Waals surface area contributed by atoms with E-state index in [1.165, 1.54) is 0 Å². The lowest BCUT2D eigenvalue weighted by Crippen LogP contribution is -2.28. The highest BCUT2D eigenvalue weighted by Gasteiger charge is 2.16. The molecule has 0 saturated heterocycles. The number of nitrogens with zero attached hydrogens (tertiary/aromatic N) is 1. The predicted molar refractivity (Wildman–Crippen MR) is 94.7 cm³/mol. The van der Waals surface area contributed by atoms with Gasteiger partial charge in [-0.05, 0) is 30.2 Å². The number of likely N-dealkylation sites (N-methyl/N-ethyl adjacent to an activating group) is 1. The quantitative estimate of drug-likeness (QED) is 0.761. The Morgan fingerprint density at radius 2 is 1.83 bits per heavy atom. The van der Waals surface area contributed by atoms with Gasteiger partial charge in [-0.25, -0.2) is 0 Å². The van der Waals surface area contributed by atoms with Crippen molar-refractivity contribution < 1.29 is 4.79 Å². The molecule has 2 aromatic carbocycles. The lowest BCUT2D eigenvalue weighted by molar-refractivity contribution is -0.129. The molecule has 0 aliphatic heterocycles. The lowest BCUT2D eigenvalue weighted by Gasteiger charge is -2.18. The molecule has 4 heteroatoms. The van der Waals surface area contributed by atoms with Crippen molar-refractivity contribution in [3.05, 3.63) is 70.4 Å². The summed E-state index contributed by atoms with van der Waals surface area (Å²) in [6, 6.07) is 15.7. The van der Waals surface area contributed by atoms with Crippen molar-refractivity contribution in [2.75, 3.05) is 7.05 Å². The third-order valence-electron chi connectivity index (χ3n) is 4.15. The number of aromatic amines is 1. The predicted octanol–water partition coefficient (Wildman–Crippen LogP) is 4.33. The van der Waals surface area contributed by atoms with Gasteiger partial charge >= 0.3 is 0 Å². The van der Waals surface area contributed by atoms with E-state index in [9.17, 15) is 4.79 Å². The second-order valence-corrected chi connectivity index (χ2v) is 6.20. The van der Waals surface area contributed by atoms with Crippen molar-refractivity contribution in [1.29, 1.82) is 0 Å². The number of rotatable bonds is 4. The van der Waals surface area contributed by atoms with Gasteiger partial charge in [-0.3, -0.25) is 4.79 Å². The maximum absolute atomic E-state index is 12.6. The van der Waals surface area contributed by atoms with Gasteiger partial charge < -0.3 is 9.88 Å². The molecule has 0 aliphatic carbocycles. The first-order chi connectivity index (χ1) is 11.1. The normalized spacial score (nSPS) is 10.9. The Balaban J connectivity index is 1.78. The molecule has 3 nitrogen and oxygen atoms in total. The fraction of sp³-hybridized carbons (Fsp3) is 0.211. The fourth-order valence-corrected chi connectivity index (χ4v) is 3.01. The van der Waals surface area contributed by atoms with Crippen molar-refractivity contribution in [3.8, 4) is 0 Å². The van der Waals surface area contributed by atoms with Crippen LogP contribution in [-0.2, 0) is 17.8 Å². The SMILES string of the molecule is Cc1[nH]c2ccccc2c1CC(=O)N(C)Cc1ccccc1Cl. The van der Waals surface area contributed by atoms with Crippen molar-refractivity contribution in [3.63, 3.8) is 0 Å². The van der Waals surface area contributed by atoms with Crippen LogP contribution < -0.4 is 0 Å². The molecular weight excluding hydrogens is 308 g/mol. The average molecular weight is 327 g/mol. The number of hydrogen-bond donors (Lipinski definition) is 1. The summed E-state index contributed by atoms with van der Waals surface area (Å²) in [5, 5.41) is 1.81. The van der Waals surface area contributed by atoms with Gasteiger partial charge in [-0.2, -0.15) is 0 Å². The van der Waals surface area contributed by atoms with Crippen LogP contribution >= 0.6 is 11.6 Å². The average Bonchev–Trinajstić information content (AvgIpc) is 2.85. The number of aromatic nitrogens is 1. The molecule has 1 aromatic heterocycles. The Bertz CT molecular complexity index is 853. The van der Waals surface area contributed by atoms with Crippen molar-refractivity contribution in [2.45, 2.75) is 19.9 Å². The van der Waals surface area contributed by atoms with Crippen LogP contribution in [0.15, 0.2) is 48.5 Å². The van der Waals surface area contributed by atoms with Crippen LogP contribution in [0.2, 0.25) is 5.02 Å². The molecule has 1 heterocycles. The number of benzene rings is 2. The fourth-order valence-electron chi connectivity index (χ4n) is 2.82. The Morgan fingerprint density at radius 3 is 2.61 bits per heavy atom. The van der Waals surface area contributed by atoms with Crippen LogP contribution in [0.25, 0.3) is 10.9 Å². The molecule has 3 aromatic rings. The highest BCUT2D eigenvalue weighted by molar-refractivity contribution is 6.31. The third kappa shape index (κ3) is 3.25. The van der Waals surface area contributed by atoms with E-state index in [1.807, 2.05) is 56.4 Å². The Kier molecular flexibility index (Phi) is 4.39. The first-order valence-corrected chi connectivity index (χ1v) is 7.97. The molecule has 0 bridgehead atoms. The molecule has 0 spiro atoms. The van der Waals surface area contributed by atoms with Crippen molar-refractivity contribution in [1.82, 2.24) is 9.88 Å². The molecule has 0 aliphatic rings. The van der Waals surface area contributed by atoms with Gasteiger partial charge in [0.2, 0.25) is 5.91 Å². The zero-order chi connectivity index (χ0) is 16.4. The number of amides is 1.